The number of rotatable bonds is 11. The molecule has 180 valence electrons. The van der Waals surface area contributed by atoms with Gasteiger partial charge in [0.25, 0.3) is 0 Å². The zero-order valence-corrected chi connectivity index (χ0v) is 22.6. The van der Waals surface area contributed by atoms with Gasteiger partial charge >= 0.3 is 0 Å². The van der Waals surface area contributed by atoms with Crippen LogP contribution in [0.1, 0.15) is 49.3 Å². The summed E-state index contributed by atoms with van der Waals surface area (Å²) in [5, 5.41) is 11.5. The monoisotopic (exact) mass is 559 g/mol. The summed E-state index contributed by atoms with van der Waals surface area (Å²) in [6, 6.07) is 6.06. The van der Waals surface area contributed by atoms with E-state index < -0.39 is 0 Å². The molecule has 0 aliphatic heterocycles. The molecular formula is C23H38IN5O3. The summed E-state index contributed by atoms with van der Waals surface area (Å²) < 4.78 is 18.6. The molecule has 0 bridgehead atoms. The third kappa shape index (κ3) is 7.54. The molecule has 8 nitrogen and oxygen atoms in total. The van der Waals surface area contributed by atoms with Crippen molar-refractivity contribution < 1.29 is 14.2 Å². The van der Waals surface area contributed by atoms with Crippen molar-refractivity contribution in [1.29, 1.82) is 0 Å². The molecule has 0 fully saturated rings. The molecule has 32 heavy (non-hydrogen) atoms. The van der Waals surface area contributed by atoms with Gasteiger partial charge in [-0.3, -0.25) is 9.67 Å². The van der Waals surface area contributed by atoms with Gasteiger partial charge in [-0.05, 0) is 52.3 Å². The van der Waals surface area contributed by atoms with Crippen LogP contribution in [0.15, 0.2) is 23.2 Å². The van der Waals surface area contributed by atoms with Gasteiger partial charge in [0.15, 0.2) is 17.5 Å². The van der Waals surface area contributed by atoms with Crippen molar-refractivity contribution in [2.45, 2.75) is 53.8 Å². The Bertz CT molecular complexity index is 870. The van der Waals surface area contributed by atoms with Crippen molar-refractivity contribution in [1.82, 2.24) is 20.4 Å². The lowest BCUT2D eigenvalue weighted by Crippen LogP contribution is -2.38. The van der Waals surface area contributed by atoms with Crippen LogP contribution in [0.25, 0.3) is 0 Å². The number of ether oxygens (including phenoxy) is 3. The second-order valence-corrected chi connectivity index (χ2v) is 7.23. The lowest BCUT2D eigenvalue weighted by atomic mass is 10.1. The number of guanidine groups is 1. The largest absolute Gasteiger partial charge is 0.490 e. The highest BCUT2D eigenvalue weighted by atomic mass is 127. The van der Waals surface area contributed by atoms with Crippen LogP contribution in [-0.2, 0) is 17.8 Å². The van der Waals surface area contributed by atoms with Gasteiger partial charge in [0.2, 0.25) is 0 Å². The van der Waals surface area contributed by atoms with E-state index in [1.54, 1.807) is 14.2 Å². The van der Waals surface area contributed by atoms with E-state index in [9.17, 15) is 0 Å². The minimum Gasteiger partial charge on any atom is -0.490 e. The van der Waals surface area contributed by atoms with Gasteiger partial charge in [0.05, 0.1) is 38.1 Å². The number of aryl methyl sites for hydroxylation is 1. The molecule has 0 aliphatic rings. The Morgan fingerprint density at radius 1 is 1.16 bits per heavy atom. The number of aliphatic imine (C=N–C) groups is 1. The summed E-state index contributed by atoms with van der Waals surface area (Å²) in [4.78, 5) is 4.38. The second-order valence-electron chi connectivity index (χ2n) is 7.23. The highest BCUT2D eigenvalue weighted by Gasteiger charge is 2.15. The van der Waals surface area contributed by atoms with Crippen LogP contribution in [0.4, 0.5) is 0 Å². The minimum atomic E-state index is 0. The van der Waals surface area contributed by atoms with Crippen molar-refractivity contribution >= 4 is 29.9 Å². The van der Waals surface area contributed by atoms with Crippen molar-refractivity contribution in [3.63, 3.8) is 0 Å². The predicted molar refractivity (Wildman–Crippen MR) is 140 cm³/mol. The smallest absolute Gasteiger partial charge is 0.191 e. The zero-order chi connectivity index (χ0) is 22.8. The minimum absolute atomic E-state index is 0. The van der Waals surface area contributed by atoms with E-state index in [1.807, 2.05) is 43.7 Å². The van der Waals surface area contributed by atoms with Crippen molar-refractivity contribution in [2.24, 2.45) is 4.99 Å². The fraction of sp³-hybridized carbons (Fsp3) is 0.565. The maximum absolute atomic E-state index is 5.76. The average Bonchev–Trinajstić information content (AvgIpc) is 3.03. The van der Waals surface area contributed by atoms with E-state index in [0.29, 0.717) is 26.4 Å². The quantitative estimate of drug-likeness (QED) is 0.246. The fourth-order valence-electron chi connectivity index (χ4n) is 3.38. The molecule has 9 heteroatoms. The number of hydrogen-bond donors (Lipinski definition) is 2. The van der Waals surface area contributed by atoms with E-state index in [4.69, 9.17) is 14.2 Å². The fourth-order valence-corrected chi connectivity index (χ4v) is 3.38. The second kappa shape index (κ2) is 14.2. The molecule has 2 rings (SSSR count). The van der Waals surface area contributed by atoms with E-state index in [1.165, 1.54) is 5.56 Å². The van der Waals surface area contributed by atoms with Crippen molar-refractivity contribution in [3.8, 4) is 11.5 Å². The summed E-state index contributed by atoms with van der Waals surface area (Å²) in [5.74, 6) is 2.25. The lowest BCUT2D eigenvalue weighted by molar-refractivity contribution is 0.182. The predicted octanol–water partition coefficient (Wildman–Crippen LogP) is 3.99. The van der Waals surface area contributed by atoms with Gasteiger partial charge in [0, 0.05) is 32.0 Å². The molecule has 2 aromatic rings. The SMILES string of the molecule is CCOc1ccc(C(C)NC(=NC)NCc2c(C)nn(CCOC)c2C)cc1OCC.I. The molecule has 0 amide bonds. The normalized spacial score (nSPS) is 12.2. The summed E-state index contributed by atoms with van der Waals surface area (Å²) in [5.41, 5.74) is 4.41. The van der Waals surface area contributed by atoms with Gasteiger partial charge in [-0.25, -0.2) is 0 Å². The molecule has 0 spiro atoms. The summed E-state index contributed by atoms with van der Waals surface area (Å²) >= 11 is 0. The first-order valence-corrected chi connectivity index (χ1v) is 10.8. The van der Waals surface area contributed by atoms with Gasteiger partial charge < -0.3 is 24.8 Å². The number of halogens is 1. The van der Waals surface area contributed by atoms with Crippen LogP contribution < -0.4 is 20.1 Å². The summed E-state index contributed by atoms with van der Waals surface area (Å²) in [6.45, 7) is 13.4. The Labute approximate surface area is 209 Å². The van der Waals surface area contributed by atoms with Crippen LogP contribution in [0.2, 0.25) is 0 Å². The Balaban J connectivity index is 0.00000512. The Kier molecular flexibility index (Phi) is 12.4. The van der Waals surface area contributed by atoms with Crippen LogP contribution in [0.5, 0.6) is 11.5 Å². The van der Waals surface area contributed by atoms with Crippen molar-refractivity contribution in [2.75, 3.05) is 34.0 Å². The summed E-state index contributed by atoms with van der Waals surface area (Å²) in [6.07, 6.45) is 0. The third-order valence-corrected chi connectivity index (χ3v) is 5.12. The molecule has 0 aliphatic carbocycles. The van der Waals surface area contributed by atoms with Crippen molar-refractivity contribution in [3.05, 3.63) is 40.7 Å². The first-order chi connectivity index (χ1) is 14.9. The lowest BCUT2D eigenvalue weighted by Gasteiger charge is -2.20. The number of nitrogens with zero attached hydrogens (tertiary/aromatic N) is 3. The van der Waals surface area contributed by atoms with Gasteiger partial charge in [-0.2, -0.15) is 5.10 Å². The number of hydrogen-bond acceptors (Lipinski definition) is 5. The molecule has 1 unspecified atom stereocenters. The topological polar surface area (TPSA) is 81.9 Å². The van der Waals surface area contributed by atoms with Gasteiger partial charge in [0.1, 0.15) is 0 Å². The van der Waals surface area contributed by atoms with E-state index in [2.05, 4.69) is 34.6 Å². The van der Waals surface area contributed by atoms with E-state index in [-0.39, 0.29) is 30.0 Å². The average molecular weight is 559 g/mol. The maximum Gasteiger partial charge on any atom is 0.191 e. The highest BCUT2D eigenvalue weighted by Crippen LogP contribution is 2.30. The number of aromatic nitrogens is 2. The molecular weight excluding hydrogens is 521 g/mol. The Morgan fingerprint density at radius 3 is 2.47 bits per heavy atom. The van der Waals surface area contributed by atoms with E-state index >= 15 is 0 Å². The van der Waals surface area contributed by atoms with Gasteiger partial charge in [-0.1, -0.05) is 6.07 Å². The first-order valence-electron chi connectivity index (χ1n) is 10.8. The van der Waals surface area contributed by atoms with Crippen LogP contribution in [-0.4, -0.2) is 49.7 Å². The molecule has 2 N–H and O–H groups in total. The highest BCUT2D eigenvalue weighted by molar-refractivity contribution is 14.0. The number of methoxy groups -OCH3 is 1. The maximum atomic E-state index is 5.76. The molecule has 1 aromatic carbocycles. The number of benzene rings is 1. The molecule has 1 heterocycles. The molecule has 1 atom stereocenters. The standard InChI is InChI=1S/C23H37N5O3.HI/c1-8-30-21-11-10-19(14-22(21)31-9-2)16(3)26-23(24-6)25-15-20-17(4)27-28(18(20)5)12-13-29-7;/h10-11,14,16H,8-9,12-13,15H2,1-7H3,(H2,24,25,26);1H. The third-order valence-electron chi connectivity index (χ3n) is 5.12. The molecule has 0 saturated carbocycles. The summed E-state index contributed by atoms with van der Waals surface area (Å²) in [7, 11) is 3.47. The zero-order valence-electron chi connectivity index (χ0n) is 20.3. The first kappa shape index (κ1) is 28.0. The molecule has 1 aromatic heterocycles. The molecule has 0 saturated heterocycles. The molecule has 0 radical (unpaired) electrons. The Morgan fingerprint density at radius 2 is 1.84 bits per heavy atom. The van der Waals surface area contributed by atoms with Crippen LogP contribution in [0, 0.1) is 13.8 Å². The van der Waals surface area contributed by atoms with Gasteiger partial charge in [-0.15, -0.1) is 24.0 Å². The van der Waals surface area contributed by atoms with Crippen LogP contribution in [0.3, 0.4) is 0 Å². The van der Waals surface area contributed by atoms with Crippen LogP contribution >= 0.6 is 24.0 Å². The van der Waals surface area contributed by atoms with E-state index in [0.717, 1.165) is 41.0 Å². The number of nitrogens with one attached hydrogen (secondary N) is 2. The Hall–Kier alpha value is -2.01.